The van der Waals surface area contributed by atoms with E-state index >= 15 is 0 Å². The van der Waals surface area contributed by atoms with Crippen molar-refractivity contribution in [3.63, 3.8) is 0 Å². The van der Waals surface area contributed by atoms with Crippen molar-refractivity contribution < 1.29 is 17.9 Å². The molecule has 0 N–H and O–H groups in total. The van der Waals surface area contributed by atoms with Crippen molar-refractivity contribution in [1.82, 2.24) is 14.5 Å². The number of thiazole rings is 1. The van der Waals surface area contributed by atoms with E-state index < -0.39 is 9.84 Å². The van der Waals surface area contributed by atoms with E-state index in [1.54, 1.807) is 43.6 Å². The summed E-state index contributed by atoms with van der Waals surface area (Å²) in [4.78, 5) is 24.1. The van der Waals surface area contributed by atoms with Crippen molar-refractivity contribution in [2.24, 2.45) is 0 Å². The zero-order chi connectivity index (χ0) is 23.4. The summed E-state index contributed by atoms with van der Waals surface area (Å²) in [7, 11) is -1.72. The number of rotatable bonds is 9. The van der Waals surface area contributed by atoms with Crippen LogP contribution in [0, 0.1) is 0 Å². The smallest absolute Gasteiger partial charge is 0.260 e. The Labute approximate surface area is 196 Å². The molecule has 10 heteroatoms. The molecule has 0 bridgehead atoms. The number of hydrogen-bond acceptors (Lipinski definition) is 7. The van der Waals surface area contributed by atoms with Gasteiger partial charge in [0.1, 0.15) is 5.75 Å². The number of ether oxygens (including phenoxy) is 1. The molecule has 4 aromatic rings. The predicted molar refractivity (Wildman–Crippen MR) is 129 cm³/mol. The van der Waals surface area contributed by atoms with E-state index in [1.165, 1.54) is 23.5 Å². The van der Waals surface area contributed by atoms with E-state index in [4.69, 9.17) is 4.74 Å². The summed E-state index contributed by atoms with van der Waals surface area (Å²) < 4.78 is 32.4. The van der Waals surface area contributed by atoms with Crippen molar-refractivity contribution in [3.05, 3.63) is 66.7 Å². The SMILES string of the molecule is CCS(=O)(=O)c1ccc(C(=O)N(CCCn2ccnc2)c2nc3ccc(OC)cc3s2)cc1. The number of carbonyl (C=O) groups excluding carboxylic acids is 1. The molecular weight excluding hydrogens is 460 g/mol. The maximum absolute atomic E-state index is 13.5. The second kappa shape index (κ2) is 9.72. The fourth-order valence-electron chi connectivity index (χ4n) is 3.38. The summed E-state index contributed by atoms with van der Waals surface area (Å²) in [6, 6.07) is 11.7. The maximum Gasteiger partial charge on any atom is 0.260 e. The topological polar surface area (TPSA) is 94.4 Å². The molecule has 0 spiro atoms. The van der Waals surface area contributed by atoms with E-state index in [-0.39, 0.29) is 16.6 Å². The minimum Gasteiger partial charge on any atom is -0.497 e. The minimum absolute atomic E-state index is 0.00976. The first kappa shape index (κ1) is 22.9. The molecule has 172 valence electrons. The van der Waals surface area contributed by atoms with Gasteiger partial charge in [-0.15, -0.1) is 0 Å². The number of imidazole rings is 1. The highest BCUT2D eigenvalue weighted by atomic mass is 32.2. The zero-order valence-corrected chi connectivity index (χ0v) is 20.0. The molecule has 0 aliphatic rings. The van der Waals surface area contributed by atoms with Crippen LogP contribution < -0.4 is 9.64 Å². The molecule has 0 aliphatic carbocycles. The summed E-state index contributed by atoms with van der Waals surface area (Å²) in [5.41, 5.74) is 1.19. The van der Waals surface area contributed by atoms with Crippen LogP contribution in [0.5, 0.6) is 5.75 Å². The number of aromatic nitrogens is 3. The zero-order valence-electron chi connectivity index (χ0n) is 18.3. The van der Waals surface area contributed by atoms with Gasteiger partial charge >= 0.3 is 0 Å². The molecule has 0 radical (unpaired) electrons. The highest BCUT2D eigenvalue weighted by Gasteiger charge is 2.22. The van der Waals surface area contributed by atoms with Gasteiger partial charge in [-0.2, -0.15) is 0 Å². The van der Waals surface area contributed by atoms with Crippen LogP contribution in [0.25, 0.3) is 10.2 Å². The summed E-state index contributed by atoms with van der Waals surface area (Å²) >= 11 is 1.42. The average Bonchev–Trinajstić information content (AvgIpc) is 3.50. The lowest BCUT2D eigenvalue weighted by atomic mass is 10.2. The van der Waals surface area contributed by atoms with Gasteiger partial charge in [0.2, 0.25) is 0 Å². The second-order valence-electron chi connectivity index (χ2n) is 7.37. The van der Waals surface area contributed by atoms with Gasteiger partial charge in [-0.05, 0) is 48.9 Å². The Hall–Kier alpha value is -3.24. The number of nitrogens with zero attached hydrogens (tertiary/aromatic N) is 4. The van der Waals surface area contributed by atoms with Gasteiger partial charge in [-0.1, -0.05) is 18.3 Å². The summed E-state index contributed by atoms with van der Waals surface area (Å²) in [5, 5.41) is 0.583. The van der Waals surface area contributed by atoms with Crippen LogP contribution in [0.1, 0.15) is 23.7 Å². The molecule has 0 aliphatic heterocycles. The Bertz CT molecular complexity index is 1350. The van der Waals surface area contributed by atoms with E-state index in [9.17, 15) is 13.2 Å². The molecule has 1 amide bonds. The first-order valence-electron chi connectivity index (χ1n) is 10.5. The molecular formula is C23H24N4O4S2. The van der Waals surface area contributed by atoms with Gasteiger partial charge in [0.05, 0.1) is 34.3 Å². The maximum atomic E-state index is 13.5. The quantitative estimate of drug-likeness (QED) is 0.356. The molecule has 0 fully saturated rings. The Kier molecular flexibility index (Phi) is 6.75. The second-order valence-corrected chi connectivity index (χ2v) is 10.7. The highest BCUT2D eigenvalue weighted by Crippen LogP contribution is 2.32. The number of aryl methyl sites for hydroxylation is 1. The van der Waals surface area contributed by atoms with Crippen LogP contribution in [0.3, 0.4) is 0 Å². The number of carbonyl (C=O) groups is 1. The van der Waals surface area contributed by atoms with Crippen molar-refractivity contribution in [3.8, 4) is 5.75 Å². The van der Waals surface area contributed by atoms with Crippen molar-refractivity contribution in [2.45, 2.75) is 24.8 Å². The molecule has 0 atom stereocenters. The number of benzene rings is 2. The average molecular weight is 485 g/mol. The van der Waals surface area contributed by atoms with E-state index in [0.717, 1.165) is 16.0 Å². The van der Waals surface area contributed by atoms with Gasteiger partial charge in [-0.25, -0.2) is 18.4 Å². The van der Waals surface area contributed by atoms with E-state index in [1.807, 2.05) is 29.0 Å². The normalized spacial score (nSPS) is 11.6. The molecule has 4 rings (SSSR count). The van der Waals surface area contributed by atoms with Crippen LogP contribution in [-0.4, -0.2) is 48.3 Å². The van der Waals surface area contributed by atoms with Crippen molar-refractivity contribution >= 4 is 42.4 Å². The van der Waals surface area contributed by atoms with Crippen LogP contribution >= 0.6 is 11.3 Å². The lowest BCUT2D eigenvalue weighted by Crippen LogP contribution is -2.32. The third-order valence-electron chi connectivity index (χ3n) is 5.26. The molecule has 0 saturated heterocycles. The first-order valence-corrected chi connectivity index (χ1v) is 12.9. The molecule has 2 heterocycles. The lowest BCUT2D eigenvalue weighted by Gasteiger charge is -2.20. The molecule has 2 aromatic heterocycles. The summed E-state index contributed by atoms with van der Waals surface area (Å²) in [6.07, 6.45) is 6.03. The van der Waals surface area contributed by atoms with Crippen LogP contribution in [-0.2, 0) is 16.4 Å². The van der Waals surface area contributed by atoms with Gasteiger partial charge < -0.3 is 9.30 Å². The first-order chi connectivity index (χ1) is 15.9. The van der Waals surface area contributed by atoms with Gasteiger partial charge in [0.25, 0.3) is 5.91 Å². The van der Waals surface area contributed by atoms with E-state index in [2.05, 4.69) is 9.97 Å². The van der Waals surface area contributed by atoms with E-state index in [0.29, 0.717) is 30.2 Å². The molecule has 0 unspecified atom stereocenters. The lowest BCUT2D eigenvalue weighted by molar-refractivity contribution is 0.0986. The standard InChI is InChI=1S/C23H24N4O4S2/c1-3-33(29,30)19-8-5-17(6-9-19)22(28)27(13-4-12-26-14-11-24-16-26)23-25-20-10-7-18(31-2)15-21(20)32-23/h5-11,14-16H,3-4,12-13H2,1-2H3. The third kappa shape index (κ3) is 5.07. The Morgan fingerprint density at radius 3 is 2.64 bits per heavy atom. The fraction of sp³-hybridized carbons (Fsp3) is 0.261. The molecule has 8 nitrogen and oxygen atoms in total. The number of fused-ring (bicyclic) bond motifs is 1. The molecule has 2 aromatic carbocycles. The third-order valence-corrected chi connectivity index (χ3v) is 8.05. The van der Waals surface area contributed by atoms with Gasteiger partial charge in [-0.3, -0.25) is 9.69 Å². The minimum atomic E-state index is -3.33. The molecule has 0 saturated carbocycles. The summed E-state index contributed by atoms with van der Waals surface area (Å²) in [5.74, 6) is 0.506. The molecule has 33 heavy (non-hydrogen) atoms. The Balaban J connectivity index is 1.63. The number of amides is 1. The monoisotopic (exact) mass is 484 g/mol. The fourth-order valence-corrected chi connectivity index (χ4v) is 5.28. The van der Waals surface area contributed by atoms with Crippen molar-refractivity contribution in [2.75, 3.05) is 24.3 Å². The summed E-state index contributed by atoms with van der Waals surface area (Å²) in [6.45, 7) is 2.75. The van der Waals surface area contributed by atoms with Gasteiger partial charge in [0.15, 0.2) is 15.0 Å². The predicted octanol–water partition coefficient (Wildman–Crippen LogP) is 4.03. The number of sulfone groups is 1. The van der Waals surface area contributed by atoms with Crippen molar-refractivity contribution in [1.29, 1.82) is 0 Å². The Morgan fingerprint density at radius 2 is 1.97 bits per heavy atom. The Morgan fingerprint density at radius 1 is 1.18 bits per heavy atom. The van der Waals surface area contributed by atoms with Gasteiger partial charge in [0, 0.05) is 31.0 Å². The largest absolute Gasteiger partial charge is 0.497 e. The van der Waals surface area contributed by atoms with Crippen LogP contribution in [0.15, 0.2) is 66.1 Å². The highest BCUT2D eigenvalue weighted by molar-refractivity contribution is 7.91. The number of methoxy groups -OCH3 is 1. The number of hydrogen-bond donors (Lipinski definition) is 0. The van der Waals surface area contributed by atoms with Crippen LogP contribution in [0.4, 0.5) is 5.13 Å². The van der Waals surface area contributed by atoms with Crippen LogP contribution in [0.2, 0.25) is 0 Å². The number of anilines is 1.